The second kappa shape index (κ2) is 12.2. The number of hydrogen-bond acceptors (Lipinski definition) is 5. The van der Waals surface area contributed by atoms with Gasteiger partial charge in [0.05, 0.1) is 35.1 Å². The minimum Gasteiger partial charge on any atom is -0.489 e. The van der Waals surface area contributed by atoms with Crippen LogP contribution in [0.1, 0.15) is 51.8 Å². The van der Waals surface area contributed by atoms with Crippen molar-refractivity contribution >= 4 is 80.1 Å². The topological polar surface area (TPSA) is 63.9 Å². The predicted octanol–water partition coefficient (Wildman–Crippen LogP) is 5.75. The van der Waals surface area contributed by atoms with Crippen LogP contribution in [-0.4, -0.2) is 34.6 Å². The van der Waals surface area contributed by atoms with Gasteiger partial charge in [-0.05, 0) is 121 Å². The molecule has 200 valence electrons. The minimum atomic E-state index is -0.596. The van der Waals surface area contributed by atoms with Gasteiger partial charge >= 0.3 is 0 Å². The lowest BCUT2D eigenvalue weighted by atomic mass is 9.94. The zero-order valence-corrected chi connectivity index (χ0v) is 27.6. The Morgan fingerprint density at radius 1 is 1.18 bits per heavy atom. The van der Waals surface area contributed by atoms with E-state index >= 15 is 0 Å². The molecule has 38 heavy (non-hydrogen) atoms. The molecular weight excluding hydrogens is 748 g/mol. The molecule has 0 saturated carbocycles. The Kier molecular flexibility index (Phi) is 9.42. The molecule has 0 fully saturated rings. The molecule has 6 nitrogen and oxygen atoms in total. The molecule has 2 aromatic carbocycles. The number of hydrogen-bond donors (Lipinski definition) is 0. The van der Waals surface area contributed by atoms with Crippen molar-refractivity contribution in [2.75, 3.05) is 13.1 Å². The molecule has 4 rings (SSSR count). The van der Waals surface area contributed by atoms with E-state index in [2.05, 4.69) is 45.2 Å². The first-order valence-corrected chi connectivity index (χ1v) is 15.6. The fourth-order valence-corrected chi connectivity index (χ4v) is 7.64. The van der Waals surface area contributed by atoms with Crippen LogP contribution in [0, 0.1) is 7.14 Å². The van der Waals surface area contributed by atoms with Crippen molar-refractivity contribution in [3.05, 3.63) is 90.6 Å². The number of halogens is 3. The molecule has 0 unspecified atom stereocenters. The second-order valence-corrected chi connectivity index (χ2v) is 12.9. The minimum absolute atomic E-state index is 0.0657. The lowest BCUT2D eigenvalue weighted by molar-refractivity contribution is -0.127. The number of likely N-dealkylation sites (N-methyl/N-ethyl adjacent to an activating group) is 1. The predicted molar refractivity (Wildman–Crippen MR) is 171 cm³/mol. The quantitative estimate of drug-likeness (QED) is 0.288. The molecular formula is C28H28ClI2N3O3S. The van der Waals surface area contributed by atoms with Gasteiger partial charge in [-0.2, -0.15) is 0 Å². The van der Waals surface area contributed by atoms with Crippen molar-refractivity contribution in [2.24, 2.45) is 4.99 Å². The third-order valence-electron chi connectivity index (χ3n) is 6.16. The number of thiazole rings is 1. The molecule has 1 atom stereocenters. The van der Waals surface area contributed by atoms with Crippen LogP contribution in [0.25, 0.3) is 6.08 Å². The van der Waals surface area contributed by atoms with Crippen LogP contribution in [0.3, 0.4) is 0 Å². The Morgan fingerprint density at radius 2 is 1.79 bits per heavy atom. The smallest absolute Gasteiger partial charge is 0.271 e. The number of aromatic nitrogens is 1. The SMILES string of the molecule is CCN(CC)C(=O)C1=C(C)N=c2s/c(=C/c3cc(I)c(OC(C)C)c(I)c3)c(=O)n2[C@H]1c1ccc(Cl)cc1. The first-order valence-electron chi connectivity index (χ1n) is 12.3. The average molecular weight is 776 g/mol. The molecule has 3 aromatic rings. The summed E-state index contributed by atoms with van der Waals surface area (Å²) in [7, 11) is 0. The lowest BCUT2D eigenvalue weighted by Gasteiger charge is -2.29. The van der Waals surface area contributed by atoms with E-state index in [1.807, 2.05) is 65.0 Å². The maximum absolute atomic E-state index is 13.9. The molecule has 1 aliphatic rings. The van der Waals surface area contributed by atoms with Gasteiger partial charge in [-0.1, -0.05) is 35.1 Å². The normalized spacial score (nSPS) is 15.5. The Hall–Kier alpha value is -1.70. The van der Waals surface area contributed by atoms with Crippen LogP contribution in [0.15, 0.2) is 57.5 Å². The summed E-state index contributed by atoms with van der Waals surface area (Å²) in [4.78, 5) is 34.7. The molecule has 0 N–H and O–H groups in total. The van der Waals surface area contributed by atoms with Crippen molar-refractivity contribution in [3.63, 3.8) is 0 Å². The molecule has 0 bridgehead atoms. The highest BCUT2D eigenvalue weighted by atomic mass is 127. The Balaban J connectivity index is 1.91. The van der Waals surface area contributed by atoms with E-state index in [0.717, 1.165) is 24.0 Å². The standard InChI is InChI=1S/C28H28ClI2N3O3S/c1-6-33(7-2)27(36)23-16(5)32-28-34(24(23)18-8-10-19(29)11-9-18)26(35)22(38-28)14-17-12-20(30)25(21(31)13-17)37-15(3)4/h8-15,24H,6-7H2,1-5H3/b22-14+/t24-/m0/s1. The van der Waals surface area contributed by atoms with Gasteiger partial charge in [0.25, 0.3) is 11.5 Å². The van der Waals surface area contributed by atoms with Gasteiger partial charge in [0.2, 0.25) is 0 Å². The summed E-state index contributed by atoms with van der Waals surface area (Å²) in [6.45, 7) is 10.9. The zero-order valence-electron chi connectivity index (χ0n) is 21.7. The highest BCUT2D eigenvalue weighted by molar-refractivity contribution is 14.1. The number of benzene rings is 2. The van der Waals surface area contributed by atoms with Crippen molar-refractivity contribution in [1.82, 2.24) is 9.47 Å². The van der Waals surface area contributed by atoms with Gasteiger partial charge in [-0.25, -0.2) is 4.99 Å². The van der Waals surface area contributed by atoms with Gasteiger partial charge in [-0.3, -0.25) is 14.2 Å². The summed E-state index contributed by atoms with van der Waals surface area (Å²) in [5, 5.41) is 0.590. The summed E-state index contributed by atoms with van der Waals surface area (Å²) in [6.07, 6.45) is 1.95. The van der Waals surface area contributed by atoms with E-state index in [-0.39, 0.29) is 17.6 Å². The van der Waals surface area contributed by atoms with Crippen LogP contribution in [0.5, 0.6) is 5.75 Å². The fourth-order valence-electron chi connectivity index (χ4n) is 4.40. The van der Waals surface area contributed by atoms with E-state index < -0.39 is 6.04 Å². The number of carbonyl (C=O) groups excluding carboxylic acids is 1. The summed E-state index contributed by atoms with van der Waals surface area (Å²) in [5.41, 5.74) is 2.66. The molecule has 1 aromatic heterocycles. The maximum atomic E-state index is 13.9. The first kappa shape index (κ1) is 29.3. The molecule has 0 saturated heterocycles. The number of ether oxygens (including phenoxy) is 1. The van der Waals surface area contributed by atoms with Crippen molar-refractivity contribution in [3.8, 4) is 5.75 Å². The van der Waals surface area contributed by atoms with E-state index in [1.165, 1.54) is 11.3 Å². The Morgan fingerprint density at radius 3 is 2.34 bits per heavy atom. The third-order valence-corrected chi connectivity index (χ3v) is 9.00. The molecule has 10 heteroatoms. The largest absolute Gasteiger partial charge is 0.489 e. The number of nitrogens with zero attached hydrogens (tertiary/aromatic N) is 3. The summed E-state index contributed by atoms with van der Waals surface area (Å²) in [6, 6.07) is 10.7. The number of rotatable bonds is 7. The van der Waals surface area contributed by atoms with Crippen LogP contribution < -0.4 is 19.6 Å². The lowest BCUT2D eigenvalue weighted by Crippen LogP contribution is -2.43. The Labute approximate surface area is 258 Å². The van der Waals surface area contributed by atoms with Crippen molar-refractivity contribution in [1.29, 1.82) is 0 Å². The van der Waals surface area contributed by atoms with Crippen LogP contribution >= 0.6 is 68.1 Å². The number of allylic oxidation sites excluding steroid dienone is 1. The Bertz CT molecular complexity index is 1570. The third kappa shape index (κ3) is 5.90. The average Bonchev–Trinajstić information content (AvgIpc) is 3.16. The number of amides is 1. The fraction of sp³-hybridized carbons (Fsp3) is 0.321. The van der Waals surface area contributed by atoms with Gasteiger partial charge in [0, 0.05) is 18.1 Å². The van der Waals surface area contributed by atoms with E-state index in [4.69, 9.17) is 21.3 Å². The summed E-state index contributed by atoms with van der Waals surface area (Å²) < 4.78 is 10.1. The monoisotopic (exact) mass is 775 g/mol. The molecule has 0 radical (unpaired) electrons. The molecule has 1 amide bonds. The zero-order chi connectivity index (χ0) is 27.7. The first-order chi connectivity index (χ1) is 18.0. The van der Waals surface area contributed by atoms with E-state index in [1.54, 1.807) is 21.6 Å². The van der Waals surface area contributed by atoms with Gasteiger partial charge in [0.15, 0.2) is 4.80 Å². The molecule has 1 aliphatic heterocycles. The number of fused-ring (bicyclic) bond motifs is 1. The van der Waals surface area contributed by atoms with E-state index in [9.17, 15) is 9.59 Å². The molecule has 2 heterocycles. The summed E-state index contributed by atoms with van der Waals surface area (Å²) in [5.74, 6) is 0.730. The van der Waals surface area contributed by atoms with Crippen LogP contribution in [0.2, 0.25) is 5.02 Å². The number of carbonyl (C=O) groups is 1. The highest BCUT2D eigenvalue weighted by Gasteiger charge is 2.34. The van der Waals surface area contributed by atoms with Crippen LogP contribution in [-0.2, 0) is 4.79 Å². The van der Waals surface area contributed by atoms with Gasteiger partial charge in [0.1, 0.15) is 5.75 Å². The molecule has 0 spiro atoms. The second-order valence-electron chi connectivity index (χ2n) is 9.09. The van der Waals surface area contributed by atoms with Crippen molar-refractivity contribution in [2.45, 2.75) is 46.8 Å². The van der Waals surface area contributed by atoms with Crippen molar-refractivity contribution < 1.29 is 9.53 Å². The summed E-state index contributed by atoms with van der Waals surface area (Å²) >= 11 is 12.0. The highest BCUT2D eigenvalue weighted by Crippen LogP contribution is 2.32. The maximum Gasteiger partial charge on any atom is 0.271 e. The van der Waals surface area contributed by atoms with Gasteiger partial charge < -0.3 is 9.64 Å². The van der Waals surface area contributed by atoms with E-state index in [0.29, 0.717) is 38.7 Å². The van der Waals surface area contributed by atoms with Gasteiger partial charge in [-0.15, -0.1) is 0 Å². The molecule has 0 aliphatic carbocycles. The van der Waals surface area contributed by atoms with Crippen LogP contribution in [0.4, 0.5) is 0 Å².